The molecule has 7 heavy (non-hydrogen) atoms. The first-order chi connectivity index (χ1) is 3.41. The third-order valence-corrected chi connectivity index (χ3v) is 0. The summed E-state index contributed by atoms with van der Waals surface area (Å²) in [5.41, 5.74) is 0. The van der Waals surface area contributed by atoms with Crippen molar-refractivity contribution in [3.63, 3.8) is 0 Å². The summed E-state index contributed by atoms with van der Waals surface area (Å²) in [6.07, 6.45) is 0. The number of rotatable bonds is 0. The van der Waals surface area contributed by atoms with Crippen molar-refractivity contribution in [1.82, 2.24) is 0 Å². The van der Waals surface area contributed by atoms with Crippen LogP contribution in [-0.2, 0) is 0 Å². The Bertz CT molecular complexity index is 36.4. The van der Waals surface area contributed by atoms with Gasteiger partial charge in [0.15, 0.2) is 0 Å². The minimum absolute atomic E-state index is 1.44. The molecule has 0 heterocycles. The summed E-state index contributed by atoms with van der Waals surface area (Å²) >= 11 is 6.73. The smallest absolute Gasteiger partial charge is 0.130 e. The van der Waals surface area contributed by atoms with Crippen LogP contribution in [0.5, 0.6) is 0 Å². The highest BCUT2D eigenvalue weighted by molar-refractivity contribution is 7.85. The van der Waals surface area contributed by atoms with Gasteiger partial charge in [0, 0.05) is 0 Å². The SMILES string of the molecule is N#CS.OCl.OO. The van der Waals surface area contributed by atoms with Crippen LogP contribution in [0.3, 0.4) is 0 Å². The summed E-state index contributed by atoms with van der Waals surface area (Å²) in [6.45, 7) is 0. The maximum absolute atomic E-state index is 7.18. The highest BCUT2D eigenvalue weighted by atomic mass is 35.5. The Morgan fingerprint density at radius 1 is 1.43 bits per heavy atom. The average Bonchev–Trinajstić information content (AvgIpc) is 1.78. The number of hydrogen-bond donors (Lipinski definition) is 4. The number of hydrogen-bond acceptors (Lipinski definition) is 5. The summed E-state index contributed by atoms with van der Waals surface area (Å²) < 4.78 is 6.47. The zero-order chi connectivity index (χ0) is 6.71. The molecule has 0 aliphatic rings. The Morgan fingerprint density at radius 2 is 1.43 bits per heavy atom. The first kappa shape index (κ1) is 15.7. The Hall–Kier alpha value is 0.01000. The molecule has 0 saturated heterocycles. The minimum atomic E-state index is 1.44. The highest BCUT2D eigenvalue weighted by Gasteiger charge is 1.18. The summed E-state index contributed by atoms with van der Waals surface area (Å²) in [5, 5.41) is 20.6. The zero-order valence-corrected chi connectivity index (χ0v) is 4.76. The lowest BCUT2D eigenvalue weighted by Crippen LogP contribution is -1.29. The summed E-state index contributed by atoms with van der Waals surface area (Å²) in [7, 11) is 0. The van der Waals surface area contributed by atoms with Crippen LogP contribution < -0.4 is 0 Å². The zero-order valence-electron chi connectivity index (χ0n) is 3.11. The van der Waals surface area contributed by atoms with Crippen LogP contribution in [0.2, 0.25) is 0 Å². The molecule has 0 aliphatic carbocycles. The standard InChI is InChI=1S/CHNS.ClHO.H2O2/c2-1-3;2*1-2/h3H;2H;1-2H. The molecule has 0 aromatic carbocycles. The van der Waals surface area contributed by atoms with Crippen LogP contribution in [-0.4, -0.2) is 15.2 Å². The van der Waals surface area contributed by atoms with E-state index in [4.69, 9.17) is 20.4 Å². The fraction of sp³-hybridized carbons (Fsp3) is 0. The lowest BCUT2D eigenvalue weighted by molar-refractivity contribution is -0.176. The number of thiol groups is 1. The topological polar surface area (TPSA) is 84.5 Å². The second-order valence-electron chi connectivity index (χ2n) is 0.100. The molecule has 0 atom stereocenters. The van der Waals surface area contributed by atoms with Crippen molar-refractivity contribution < 1.29 is 15.2 Å². The van der Waals surface area contributed by atoms with Gasteiger partial charge < -0.3 is 0 Å². The fourth-order valence-electron chi connectivity index (χ4n) is 0. The van der Waals surface area contributed by atoms with Gasteiger partial charge in [-0.15, -0.1) is 0 Å². The molecule has 0 rings (SSSR count). The number of thiocyanates is 1. The number of nitriles is 1. The molecular formula is CH4ClNO3S. The molecule has 3 N–H and O–H groups in total. The second kappa shape index (κ2) is 148. The fourth-order valence-corrected chi connectivity index (χ4v) is 0. The van der Waals surface area contributed by atoms with E-state index >= 15 is 0 Å². The van der Waals surface area contributed by atoms with Gasteiger partial charge in [0.25, 0.3) is 0 Å². The summed E-state index contributed by atoms with van der Waals surface area (Å²) in [4.78, 5) is 0. The molecule has 0 spiro atoms. The Kier molecular flexibility index (Phi) is 333. The van der Waals surface area contributed by atoms with Gasteiger partial charge in [-0.2, -0.15) is 5.26 Å². The lowest BCUT2D eigenvalue weighted by Gasteiger charge is -1.25. The maximum Gasteiger partial charge on any atom is 0.130 e. The van der Waals surface area contributed by atoms with Crippen molar-refractivity contribution in [2.24, 2.45) is 0 Å². The van der Waals surface area contributed by atoms with Crippen LogP contribution in [0.4, 0.5) is 0 Å². The normalized spacial score (nSPS) is 2.86. The molecule has 44 valence electrons. The maximum atomic E-state index is 7.18. The minimum Gasteiger partial charge on any atom is -0.295 e. The van der Waals surface area contributed by atoms with Gasteiger partial charge in [-0.25, -0.2) is 0 Å². The van der Waals surface area contributed by atoms with Gasteiger partial charge >= 0.3 is 0 Å². The Morgan fingerprint density at radius 3 is 1.43 bits per heavy atom. The molecular weight excluding hydrogens is 142 g/mol. The van der Waals surface area contributed by atoms with E-state index < -0.39 is 0 Å². The van der Waals surface area contributed by atoms with Gasteiger partial charge in [0.1, 0.15) is 5.40 Å². The van der Waals surface area contributed by atoms with Crippen LogP contribution in [0.15, 0.2) is 0 Å². The molecule has 0 amide bonds. The quantitative estimate of drug-likeness (QED) is 0.174. The number of nitrogens with zero attached hydrogens (tertiary/aromatic N) is 1. The molecule has 0 aliphatic heterocycles. The predicted molar refractivity (Wildman–Crippen MR) is 27.9 cm³/mol. The molecule has 0 aromatic heterocycles. The monoisotopic (exact) mass is 145 g/mol. The first-order valence-corrected chi connectivity index (χ1v) is 1.60. The van der Waals surface area contributed by atoms with E-state index in [-0.39, 0.29) is 0 Å². The molecule has 0 aromatic rings. The van der Waals surface area contributed by atoms with Gasteiger partial charge in [0.05, 0.1) is 11.9 Å². The second-order valence-corrected chi connectivity index (χ2v) is 0.300. The van der Waals surface area contributed by atoms with Crippen molar-refractivity contribution in [3.8, 4) is 5.40 Å². The van der Waals surface area contributed by atoms with Gasteiger partial charge in [-0.05, 0) is 0 Å². The molecule has 0 unspecified atom stereocenters. The number of halogens is 1. The third-order valence-electron chi connectivity index (χ3n) is 0. The van der Waals surface area contributed by atoms with Crippen molar-refractivity contribution in [3.05, 3.63) is 0 Å². The van der Waals surface area contributed by atoms with Crippen molar-refractivity contribution in [2.75, 3.05) is 0 Å². The first-order valence-electron chi connectivity index (χ1n) is 0.816. The Balaban J connectivity index is -0.0000000360. The van der Waals surface area contributed by atoms with Crippen LogP contribution in [0.25, 0.3) is 0 Å². The van der Waals surface area contributed by atoms with E-state index in [1.807, 2.05) is 0 Å². The predicted octanol–water partition coefficient (Wildman–Crippen LogP) is 0.547. The molecule has 0 fully saturated rings. The van der Waals surface area contributed by atoms with Gasteiger partial charge in [0.2, 0.25) is 0 Å². The summed E-state index contributed by atoms with van der Waals surface area (Å²) in [6, 6.07) is 0. The van der Waals surface area contributed by atoms with Crippen molar-refractivity contribution in [2.45, 2.75) is 0 Å². The van der Waals surface area contributed by atoms with Crippen LogP contribution in [0, 0.1) is 10.7 Å². The van der Waals surface area contributed by atoms with Crippen molar-refractivity contribution in [1.29, 1.82) is 5.26 Å². The largest absolute Gasteiger partial charge is 0.295 e. The van der Waals surface area contributed by atoms with E-state index in [1.54, 1.807) is 0 Å². The van der Waals surface area contributed by atoms with Gasteiger partial charge in [-0.3, -0.25) is 15.2 Å². The van der Waals surface area contributed by atoms with Gasteiger partial charge in [-0.1, -0.05) is 12.6 Å². The molecule has 0 radical (unpaired) electrons. The average molecular weight is 146 g/mol. The van der Waals surface area contributed by atoms with Crippen LogP contribution >= 0.6 is 24.5 Å². The van der Waals surface area contributed by atoms with Crippen LogP contribution in [0.1, 0.15) is 0 Å². The lowest BCUT2D eigenvalue weighted by atomic mass is 11.8. The van der Waals surface area contributed by atoms with E-state index in [1.165, 1.54) is 5.40 Å². The van der Waals surface area contributed by atoms with E-state index in [9.17, 15) is 0 Å². The Labute approximate surface area is 51.1 Å². The van der Waals surface area contributed by atoms with E-state index in [0.29, 0.717) is 0 Å². The molecule has 4 nitrogen and oxygen atoms in total. The molecule has 6 heteroatoms. The van der Waals surface area contributed by atoms with E-state index in [2.05, 4.69) is 24.5 Å². The summed E-state index contributed by atoms with van der Waals surface area (Å²) in [5.74, 6) is 0. The van der Waals surface area contributed by atoms with E-state index in [0.717, 1.165) is 0 Å². The van der Waals surface area contributed by atoms with Crippen molar-refractivity contribution >= 4 is 24.5 Å². The third kappa shape index (κ3) is 966000. The molecule has 0 bridgehead atoms. The molecule has 0 saturated carbocycles. The highest BCUT2D eigenvalue weighted by Crippen LogP contribution is 1.46.